The van der Waals surface area contributed by atoms with E-state index in [9.17, 15) is 9.59 Å². The van der Waals surface area contributed by atoms with Gasteiger partial charge in [0.1, 0.15) is 11.2 Å². The summed E-state index contributed by atoms with van der Waals surface area (Å²) in [4.78, 5) is 22.1. The molecule has 4 nitrogen and oxygen atoms in total. The highest BCUT2D eigenvalue weighted by molar-refractivity contribution is 6.02. The van der Waals surface area contributed by atoms with Gasteiger partial charge in [-0.25, -0.2) is 0 Å². The fraction of sp³-hybridized carbons (Fsp3) is 0.750. The fourth-order valence-corrected chi connectivity index (χ4v) is 0.610. The Balaban J connectivity index is 4.52. The Morgan fingerprint density at radius 2 is 2.00 bits per heavy atom. The second-order valence-corrected chi connectivity index (χ2v) is 2.77. The zero-order chi connectivity index (χ0) is 9.78. The molecule has 1 N–H and O–H groups in total. The van der Waals surface area contributed by atoms with Gasteiger partial charge in [-0.2, -0.15) is 0 Å². The van der Waals surface area contributed by atoms with Crippen LogP contribution in [-0.2, 0) is 14.3 Å². The number of ketones is 1. The van der Waals surface area contributed by atoms with Crippen LogP contribution >= 0.6 is 0 Å². The molecule has 0 amide bonds. The molecule has 0 aromatic carbocycles. The number of ether oxygens (including phenoxy) is 1. The summed E-state index contributed by atoms with van der Waals surface area (Å²) >= 11 is 0. The van der Waals surface area contributed by atoms with Crippen LogP contribution < -0.4 is 0 Å². The monoisotopic (exact) mass is 174 g/mol. The molecule has 0 spiro atoms. The van der Waals surface area contributed by atoms with E-state index in [1.54, 1.807) is 6.92 Å². The maximum Gasteiger partial charge on any atom is 0.321 e. The Kier molecular flexibility index (Phi) is 3.89. The summed E-state index contributed by atoms with van der Waals surface area (Å²) in [6.45, 7) is 3.97. The van der Waals surface area contributed by atoms with Gasteiger partial charge in [-0.1, -0.05) is 0 Å². The lowest BCUT2D eigenvalue weighted by Crippen LogP contribution is -2.39. The summed E-state index contributed by atoms with van der Waals surface area (Å²) in [6.07, 6.45) is 0. The maximum absolute atomic E-state index is 11.1. The van der Waals surface area contributed by atoms with E-state index in [-0.39, 0.29) is 12.4 Å². The van der Waals surface area contributed by atoms with Gasteiger partial charge in [0.25, 0.3) is 0 Å². The van der Waals surface area contributed by atoms with E-state index < -0.39 is 18.0 Å². The van der Waals surface area contributed by atoms with Crippen LogP contribution in [-0.4, -0.2) is 30.1 Å². The Labute approximate surface area is 71.5 Å². The minimum atomic E-state index is -1.39. The number of hydrogen-bond acceptors (Lipinski definition) is 4. The summed E-state index contributed by atoms with van der Waals surface area (Å²) in [6, 6.07) is 0. The number of hydrogen-bond donors (Lipinski definition) is 1. The number of Topliss-reactive ketones (excluding diaryl/α,β-unsaturated/α-hetero) is 1. The van der Waals surface area contributed by atoms with E-state index in [1.807, 2.05) is 0 Å². The minimum Gasteiger partial charge on any atom is -0.465 e. The molecule has 0 aliphatic carbocycles. The number of aliphatic hydroxyl groups excluding tert-OH is 1. The molecule has 4 heteroatoms. The van der Waals surface area contributed by atoms with Crippen LogP contribution in [0.3, 0.4) is 0 Å². The van der Waals surface area contributed by atoms with Crippen molar-refractivity contribution in [2.75, 3.05) is 13.2 Å². The van der Waals surface area contributed by atoms with Gasteiger partial charge in [0.15, 0.2) is 0 Å². The molecular weight excluding hydrogens is 160 g/mol. The van der Waals surface area contributed by atoms with Crippen LogP contribution in [0.5, 0.6) is 0 Å². The molecule has 1 unspecified atom stereocenters. The number of carbonyl (C=O) groups excluding carboxylic acids is 2. The topological polar surface area (TPSA) is 63.6 Å². The number of aliphatic hydroxyl groups is 1. The quantitative estimate of drug-likeness (QED) is 0.486. The van der Waals surface area contributed by atoms with Gasteiger partial charge in [0.05, 0.1) is 13.2 Å². The van der Waals surface area contributed by atoms with Gasteiger partial charge in [-0.15, -0.1) is 0 Å². The van der Waals surface area contributed by atoms with Crippen molar-refractivity contribution in [2.45, 2.75) is 20.8 Å². The van der Waals surface area contributed by atoms with E-state index in [1.165, 1.54) is 13.8 Å². The second-order valence-electron chi connectivity index (χ2n) is 2.77. The van der Waals surface area contributed by atoms with Gasteiger partial charge in [-0.3, -0.25) is 9.59 Å². The molecule has 1 atom stereocenters. The lowest BCUT2D eigenvalue weighted by Gasteiger charge is -2.20. The van der Waals surface area contributed by atoms with Crippen molar-refractivity contribution in [3.05, 3.63) is 0 Å². The minimum absolute atomic E-state index is 0.210. The first kappa shape index (κ1) is 11.1. The molecule has 0 aromatic rings. The zero-order valence-corrected chi connectivity index (χ0v) is 7.59. The van der Waals surface area contributed by atoms with Crippen LogP contribution in [0.25, 0.3) is 0 Å². The van der Waals surface area contributed by atoms with Gasteiger partial charge in [0.2, 0.25) is 0 Å². The highest BCUT2D eigenvalue weighted by Crippen LogP contribution is 2.18. The van der Waals surface area contributed by atoms with Crippen molar-refractivity contribution in [2.24, 2.45) is 5.41 Å². The molecule has 0 fully saturated rings. The Morgan fingerprint density at radius 3 is 2.25 bits per heavy atom. The number of carbonyl (C=O) groups is 2. The van der Waals surface area contributed by atoms with Crippen LogP contribution in [0.15, 0.2) is 0 Å². The molecule has 70 valence electrons. The van der Waals surface area contributed by atoms with Crippen LogP contribution in [0.4, 0.5) is 0 Å². The van der Waals surface area contributed by atoms with Crippen LogP contribution in [0.2, 0.25) is 0 Å². The number of esters is 1. The summed E-state index contributed by atoms with van der Waals surface area (Å²) in [5.41, 5.74) is -1.39. The fourth-order valence-electron chi connectivity index (χ4n) is 0.610. The normalized spacial score (nSPS) is 15.0. The van der Waals surface area contributed by atoms with Crippen LogP contribution in [0, 0.1) is 5.41 Å². The second kappa shape index (κ2) is 4.21. The predicted molar refractivity (Wildman–Crippen MR) is 42.5 cm³/mol. The highest BCUT2D eigenvalue weighted by atomic mass is 16.5. The van der Waals surface area contributed by atoms with E-state index in [0.717, 1.165) is 0 Å². The molecular formula is C8H14O4. The average molecular weight is 174 g/mol. The maximum atomic E-state index is 11.1. The van der Waals surface area contributed by atoms with Gasteiger partial charge in [-0.05, 0) is 20.8 Å². The molecule has 0 aliphatic rings. The SMILES string of the molecule is CCOC(=O)C(C)(CO)C(C)=O. The molecule has 12 heavy (non-hydrogen) atoms. The molecule has 0 saturated carbocycles. The van der Waals surface area contributed by atoms with Crippen molar-refractivity contribution >= 4 is 11.8 Å². The third kappa shape index (κ3) is 2.04. The Bertz CT molecular complexity index is 187. The first-order chi connectivity index (χ1) is 5.49. The summed E-state index contributed by atoms with van der Waals surface area (Å²) in [5, 5.41) is 8.83. The molecule has 0 bridgehead atoms. The van der Waals surface area contributed by atoms with Crippen LogP contribution in [0.1, 0.15) is 20.8 Å². The standard InChI is InChI=1S/C8H14O4/c1-4-12-7(11)8(3,5-9)6(2)10/h9H,4-5H2,1-3H3. The molecule has 0 radical (unpaired) electrons. The van der Waals surface area contributed by atoms with E-state index in [4.69, 9.17) is 5.11 Å². The zero-order valence-electron chi connectivity index (χ0n) is 7.59. The highest BCUT2D eigenvalue weighted by Gasteiger charge is 2.39. The molecule has 0 saturated heterocycles. The lowest BCUT2D eigenvalue weighted by molar-refractivity contribution is -0.160. The molecule has 0 heterocycles. The smallest absolute Gasteiger partial charge is 0.321 e. The average Bonchev–Trinajstić information content (AvgIpc) is 2.03. The van der Waals surface area contributed by atoms with E-state index >= 15 is 0 Å². The van der Waals surface area contributed by atoms with E-state index in [2.05, 4.69) is 4.74 Å². The third-order valence-electron chi connectivity index (χ3n) is 1.82. The van der Waals surface area contributed by atoms with Crippen molar-refractivity contribution in [3.63, 3.8) is 0 Å². The van der Waals surface area contributed by atoms with Crippen molar-refractivity contribution in [1.82, 2.24) is 0 Å². The van der Waals surface area contributed by atoms with Gasteiger partial charge >= 0.3 is 5.97 Å². The lowest BCUT2D eigenvalue weighted by atomic mass is 9.87. The van der Waals surface area contributed by atoms with Crippen molar-refractivity contribution in [3.8, 4) is 0 Å². The van der Waals surface area contributed by atoms with Gasteiger partial charge < -0.3 is 9.84 Å². The first-order valence-electron chi connectivity index (χ1n) is 3.78. The summed E-state index contributed by atoms with van der Waals surface area (Å²) in [7, 11) is 0. The summed E-state index contributed by atoms with van der Waals surface area (Å²) in [5.74, 6) is -1.05. The van der Waals surface area contributed by atoms with Gasteiger partial charge in [0, 0.05) is 0 Å². The molecule has 0 rings (SSSR count). The van der Waals surface area contributed by atoms with Crippen molar-refractivity contribution in [1.29, 1.82) is 0 Å². The molecule has 0 aromatic heterocycles. The Hall–Kier alpha value is -0.900. The van der Waals surface area contributed by atoms with E-state index in [0.29, 0.717) is 0 Å². The Morgan fingerprint density at radius 1 is 1.50 bits per heavy atom. The van der Waals surface area contributed by atoms with Crippen molar-refractivity contribution < 1.29 is 19.4 Å². The largest absolute Gasteiger partial charge is 0.465 e. The molecule has 0 aliphatic heterocycles. The first-order valence-corrected chi connectivity index (χ1v) is 3.78. The number of rotatable bonds is 4. The third-order valence-corrected chi connectivity index (χ3v) is 1.82. The summed E-state index contributed by atoms with van der Waals surface area (Å²) < 4.78 is 4.64. The predicted octanol–water partition coefficient (Wildman–Crippen LogP) is 0.137.